The van der Waals surface area contributed by atoms with Crippen molar-refractivity contribution >= 4 is 18.0 Å². The average molecular weight is 392 g/mol. The van der Waals surface area contributed by atoms with Gasteiger partial charge in [0.1, 0.15) is 11.6 Å². The van der Waals surface area contributed by atoms with E-state index in [1.807, 2.05) is 39.0 Å². The lowest BCUT2D eigenvalue weighted by molar-refractivity contribution is -0.117. The van der Waals surface area contributed by atoms with Gasteiger partial charge in [0.2, 0.25) is 0 Å². The van der Waals surface area contributed by atoms with Crippen LogP contribution in [0, 0.1) is 11.3 Å². The van der Waals surface area contributed by atoms with Crippen molar-refractivity contribution in [1.82, 2.24) is 5.32 Å². The molecule has 0 aliphatic carbocycles. The van der Waals surface area contributed by atoms with Gasteiger partial charge in [0.05, 0.1) is 12.7 Å². The van der Waals surface area contributed by atoms with E-state index in [1.54, 1.807) is 30.3 Å². The summed E-state index contributed by atoms with van der Waals surface area (Å²) < 4.78 is 10.8. The molecule has 0 spiro atoms. The van der Waals surface area contributed by atoms with Crippen LogP contribution in [-0.4, -0.2) is 25.0 Å². The van der Waals surface area contributed by atoms with Gasteiger partial charge in [-0.3, -0.25) is 4.79 Å². The van der Waals surface area contributed by atoms with Crippen molar-refractivity contribution in [3.05, 3.63) is 64.7 Å². The summed E-state index contributed by atoms with van der Waals surface area (Å²) in [5, 5.41) is 11.9. The quantitative estimate of drug-likeness (QED) is 0.334. The summed E-state index contributed by atoms with van der Waals surface area (Å²) in [6.45, 7) is 5.67. The number of carbonyl (C=O) groups excluding carboxylic acids is 2. The topological polar surface area (TPSA) is 88.4 Å². The minimum atomic E-state index is -0.497. The predicted molar refractivity (Wildman–Crippen MR) is 111 cm³/mol. The average Bonchev–Trinajstić information content (AvgIpc) is 2.72. The third-order valence-electron chi connectivity index (χ3n) is 4.08. The number of hydrogen-bond donors (Lipinski definition) is 1. The van der Waals surface area contributed by atoms with E-state index < -0.39 is 11.9 Å². The number of nitriles is 1. The van der Waals surface area contributed by atoms with Crippen LogP contribution in [0.25, 0.3) is 6.08 Å². The van der Waals surface area contributed by atoms with Crippen molar-refractivity contribution in [2.75, 3.05) is 7.11 Å². The second-order valence-corrected chi connectivity index (χ2v) is 6.65. The normalized spacial score (nSPS) is 11.0. The number of benzene rings is 2. The van der Waals surface area contributed by atoms with E-state index in [0.717, 1.165) is 12.0 Å². The number of hydrogen-bond acceptors (Lipinski definition) is 5. The van der Waals surface area contributed by atoms with Crippen LogP contribution in [0.5, 0.6) is 11.5 Å². The zero-order valence-corrected chi connectivity index (χ0v) is 17.0. The maximum atomic E-state index is 12.4. The number of esters is 1. The maximum absolute atomic E-state index is 12.4. The Hall–Kier alpha value is -3.59. The van der Waals surface area contributed by atoms with E-state index in [-0.39, 0.29) is 17.4 Å². The molecule has 6 heteroatoms. The molecule has 2 aromatic rings. The van der Waals surface area contributed by atoms with Gasteiger partial charge in [0.15, 0.2) is 11.5 Å². The monoisotopic (exact) mass is 392 g/mol. The molecule has 0 radical (unpaired) electrons. The number of carbonyl (C=O) groups is 2. The van der Waals surface area contributed by atoms with Crippen LogP contribution in [0.15, 0.2) is 48.0 Å². The Morgan fingerprint density at radius 3 is 2.38 bits per heavy atom. The van der Waals surface area contributed by atoms with Crippen LogP contribution in [0.4, 0.5) is 0 Å². The molecule has 0 bridgehead atoms. The third-order valence-corrected chi connectivity index (χ3v) is 4.08. The molecule has 0 unspecified atom stereocenters. The first kappa shape index (κ1) is 21.7. The van der Waals surface area contributed by atoms with Gasteiger partial charge >= 0.3 is 5.97 Å². The molecule has 150 valence electrons. The highest BCUT2D eigenvalue weighted by Gasteiger charge is 2.14. The molecule has 0 fully saturated rings. The number of methoxy groups -OCH3 is 1. The molecule has 6 nitrogen and oxygen atoms in total. The molecular weight excluding hydrogens is 368 g/mol. The highest BCUT2D eigenvalue weighted by Crippen LogP contribution is 2.29. The molecule has 0 aliphatic rings. The van der Waals surface area contributed by atoms with Crippen LogP contribution in [-0.2, 0) is 11.2 Å². The van der Waals surface area contributed by atoms with Crippen LogP contribution in [0.3, 0.4) is 0 Å². The van der Waals surface area contributed by atoms with Crippen LogP contribution in [0.2, 0.25) is 0 Å². The van der Waals surface area contributed by atoms with E-state index in [4.69, 9.17) is 9.47 Å². The number of aryl methyl sites for hydroxylation is 1. The van der Waals surface area contributed by atoms with Crippen molar-refractivity contribution in [1.29, 1.82) is 5.26 Å². The van der Waals surface area contributed by atoms with E-state index in [0.29, 0.717) is 16.9 Å². The molecule has 0 atom stereocenters. The number of ether oxygens (including phenoxy) is 2. The Balaban J connectivity index is 2.23. The Labute approximate surface area is 170 Å². The highest BCUT2D eigenvalue weighted by molar-refractivity contribution is 6.01. The fraction of sp³-hybridized carbons (Fsp3) is 0.261. The molecular formula is C23H24N2O4. The Kier molecular flexibility index (Phi) is 7.55. The van der Waals surface area contributed by atoms with Crippen molar-refractivity contribution in [2.24, 2.45) is 0 Å². The van der Waals surface area contributed by atoms with Crippen molar-refractivity contribution in [2.45, 2.75) is 33.2 Å². The molecule has 0 saturated carbocycles. The zero-order chi connectivity index (χ0) is 21.4. The van der Waals surface area contributed by atoms with Crippen LogP contribution >= 0.6 is 0 Å². The van der Waals surface area contributed by atoms with Gasteiger partial charge in [0.25, 0.3) is 5.91 Å². The highest BCUT2D eigenvalue weighted by atomic mass is 16.6. The second kappa shape index (κ2) is 10.1. The van der Waals surface area contributed by atoms with Gasteiger partial charge in [-0.2, -0.15) is 5.26 Å². The summed E-state index contributed by atoms with van der Waals surface area (Å²) in [6.07, 6.45) is 2.34. The van der Waals surface area contributed by atoms with Gasteiger partial charge in [-0.15, -0.1) is 0 Å². The molecule has 29 heavy (non-hydrogen) atoms. The molecule has 2 aromatic carbocycles. The van der Waals surface area contributed by atoms with Crippen LogP contribution in [0.1, 0.15) is 42.3 Å². The van der Waals surface area contributed by atoms with E-state index in [1.165, 1.54) is 13.2 Å². The minimum absolute atomic E-state index is 0.0264. The van der Waals surface area contributed by atoms with Crippen molar-refractivity contribution < 1.29 is 19.1 Å². The molecule has 2 rings (SSSR count). The molecule has 0 aliphatic heterocycles. The zero-order valence-electron chi connectivity index (χ0n) is 17.0. The number of nitrogens with one attached hydrogen (secondary N) is 1. The summed E-state index contributed by atoms with van der Waals surface area (Å²) in [4.78, 5) is 24.5. The largest absolute Gasteiger partial charge is 0.493 e. The molecule has 1 amide bonds. The maximum Gasteiger partial charge on any atom is 0.343 e. The molecule has 0 aromatic heterocycles. The Morgan fingerprint density at radius 1 is 1.14 bits per heavy atom. The third kappa shape index (κ3) is 5.94. The fourth-order valence-corrected chi connectivity index (χ4v) is 2.55. The van der Waals surface area contributed by atoms with Crippen molar-refractivity contribution in [3.63, 3.8) is 0 Å². The van der Waals surface area contributed by atoms with E-state index >= 15 is 0 Å². The molecule has 0 saturated heterocycles. The number of amides is 1. The van der Waals surface area contributed by atoms with Crippen molar-refractivity contribution in [3.8, 4) is 17.6 Å². The smallest absolute Gasteiger partial charge is 0.343 e. The first-order valence-electron chi connectivity index (χ1n) is 9.29. The summed E-state index contributed by atoms with van der Waals surface area (Å²) in [5.41, 5.74) is 2.11. The lowest BCUT2D eigenvalue weighted by Gasteiger charge is -2.11. The van der Waals surface area contributed by atoms with Gasteiger partial charge in [-0.1, -0.05) is 25.1 Å². The van der Waals surface area contributed by atoms with Gasteiger partial charge in [0, 0.05) is 6.04 Å². The lowest BCUT2D eigenvalue weighted by atomic mass is 10.1. The standard InChI is InChI=1S/C23H24N2O4/c1-5-16-6-9-18(10-7-16)23(27)29-20-11-8-17(13-21(20)28-4)12-19(14-24)22(26)25-15(2)3/h6-13,15H,5H2,1-4H3,(H,25,26)/b19-12+. The van der Waals surface area contributed by atoms with Gasteiger partial charge in [-0.05, 0) is 61.7 Å². The van der Waals surface area contributed by atoms with E-state index in [2.05, 4.69) is 5.32 Å². The first-order chi connectivity index (χ1) is 13.9. The summed E-state index contributed by atoms with van der Waals surface area (Å²) in [5.74, 6) is -0.381. The Bertz CT molecular complexity index is 954. The van der Waals surface area contributed by atoms with Crippen LogP contribution < -0.4 is 14.8 Å². The van der Waals surface area contributed by atoms with Gasteiger partial charge < -0.3 is 14.8 Å². The lowest BCUT2D eigenvalue weighted by Crippen LogP contribution is -2.30. The van der Waals surface area contributed by atoms with E-state index in [9.17, 15) is 14.9 Å². The molecule has 0 heterocycles. The SMILES string of the molecule is CCc1ccc(C(=O)Oc2ccc(/C=C(\C#N)C(=O)NC(C)C)cc2OC)cc1. The molecule has 1 N–H and O–H groups in total. The van der Waals surface area contributed by atoms with Gasteiger partial charge in [-0.25, -0.2) is 4.79 Å². The predicted octanol–water partition coefficient (Wildman–Crippen LogP) is 3.91. The second-order valence-electron chi connectivity index (χ2n) is 6.65. The fourth-order valence-electron chi connectivity index (χ4n) is 2.55. The summed E-state index contributed by atoms with van der Waals surface area (Å²) in [6, 6.07) is 13.8. The number of nitrogens with zero attached hydrogens (tertiary/aromatic N) is 1. The Morgan fingerprint density at radius 2 is 1.83 bits per heavy atom. The first-order valence-corrected chi connectivity index (χ1v) is 9.29. The number of rotatable bonds is 7. The minimum Gasteiger partial charge on any atom is -0.493 e. The summed E-state index contributed by atoms with van der Waals surface area (Å²) in [7, 11) is 1.45. The summed E-state index contributed by atoms with van der Waals surface area (Å²) >= 11 is 0.